The van der Waals surface area contributed by atoms with Gasteiger partial charge in [0.2, 0.25) is 5.91 Å². The van der Waals surface area contributed by atoms with Gasteiger partial charge in [-0.05, 0) is 49.1 Å². The Morgan fingerprint density at radius 1 is 1.16 bits per heavy atom. The zero-order valence-electron chi connectivity index (χ0n) is 15.5. The Labute approximate surface area is 149 Å². The number of Topliss-reactive ketones (excluding diaryl/α,β-unsaturated/α-hetero) is 1. The van der Waals surface area contributed by atoms with Crippen LogP contribution < -0.4 is 10.1 Å². The topological polar surface area (TPSA) is 55.4 Å². The molecular weight excluding hydrogens is 314 g/mol. The van der Waals surface area contributed by atoms with Gasteiger partial charge in [0.15, 0.2) is 5.78 Å². The van der Waals surface area contributed by atoms with Gasteiger partial charge in [0, 0.05) is 16.8 Å². The Kier molecular flexibility index (Phi) is 5.97. The van der Waals surface area contributed by atoms with Crippen LogP contribution in [0.15, 0.2) is 36.4 Å². The molecule has 2 aromatic carbocycles. The lowest BCUT2D eigenvalue weighted by atomic mass is 9.98. The van der Waals surface area contributed by atoms with Gasteiger partial charge < -0.3 is 10.1 Å². The number of hydrogen-bond donors (Lipinski definition) is 1. The Bertz CT molecular complexity index is 794. The highest BCUT2D eigenvalue weighted by Crippen LogP contribution is 2.28. The van der Waals surface area contributed by atoms with E-state index in [2.05, 4.69) is 19.2 Å². The summed E-state index contributed by atoms with van der Waals surface area (Å²) in [7, 11) is 1.56. The monoisotopic (exact) mass is 339 g/mol. The Balaban J connectivity index is 2.27. The van der Waals surface area contributed by atoms with Crippen LogP contribution in [0, 0.1) is 6.92 Å². The fraction of sp³-hybridized carbons (Fsp3) is 0.333. The van der Waals surface area contributed by atoms with Crippen molar-refractivity contribution in [1.29, 1.82) is 0 Å². The van der Waals surface area contributed by atoms with Crippen LogP contribution in [0.1, 0.15) is 53.7 Å². The van der Waals surface area contributed by atoms with E-state index in [4.69, 9.17) is 4.74 Å². The Hall–Kier alpha value is -2.62. The molecule has 0 aromatic heterocycles. The van der Waals surface area contributed by atoms with E-state index < -0.39 is 0 Å². The summed E-state index contributed by atoms with van der Waals surface area (Å²) >= 11 is 0. The van der Waals surface area contributed by atoms with E-state index >= 15 is 0 Å². The summed E-state index contributed by atoms with van der Waals surface area (Å²) in [6, 6.07) is 11.2. The second kappa shape index (κ2) is 7.97. The number of anilines is 1. The van der Waals surface area contributed by atoms with Gasteiger partial charge in [-0.3, -0.25) is 9.59 Å². The van der Waals surface area contributed by atoms with Crippen molar-refractivity contribution in [1.82, 2.24) is 0 Å². The molecule has 0 saturated heterocycles. The molecule has 132 valence electrons. The van der Waals surface area contributed by atoms with Gasteiger partial charge in [-0.25, -0.2) is 0 Å². The molecule has 2 rings (SSSR count). The van der Waals surface area contributed by atoms with Gasteiger partial charge in [0.1, 0.15) is 5.75 Å². The minimum absolute atomic E-state index is 0.0368. The van der Waals surface area contributed by atoms with E-state index in [1.807, 2.05) is 25.1 Å². The number of nitrogens with one attached hydrogen (secondary N) is 1. The Morgan fingerprint density at radius 2 is 1.88 bits per heavy atom. The summed E-state index contributed by atoms with van der Waals surface area (Å²) in [5.74, 6) is 0.750. The molecular formula is C21H25NO3. The highest BCUT2D eigenvalue weighted by Gasteiger charge is 2.15. The minimum Gasteiger partial charge on any atom is -0.496 e. The summed E-state index contributed by atoms with van der Waals surface area (Å²) in [5.41, 5.74) is 4.28. The lowest BCUT2D eigenvalue weighted by molar-refractivity contribution is -0.115. The number of carbonyl (C=O) groups excluding carboxylic acids is 2. The molecule has 2 aromatic rings. The highest BCUT2D eigenvalue weighted by molar-refractivity contribution is 5.96. The third kappa shape index (κ3) is 4.47. The first-order valence-corrected chi connectivity index (χ1v) is 8.40. The molecule has 0 radical (unpaired) electrons. The molecule has 0 fully saturated rings. The number of carbonyl (C=O) groups is 2. The standard InChI is InChI=1S/C21H25NO3/c1-13(2)18-8-6-7-14(3)21(18)22-20(24)12-17-11-16(15(4)23)9-10-19(17)25-5/h6-11,13H,12H2,1-5H3,(H,22,24). The predicted octanol–water partition coefficient (Wildman–Crippen LogP) is 4.51. The number of para-hydroxylation sites is 1. The summed E-state index contributed by atoms with van der Waals surface area (Å²) in [6.07, 6.45) is 0.149. The fourth-order valence-electron chi connectivity index (χ4n) is 2.83. The lowest BCUT2D eigenvalue weighted by Gasteiger charge is -2.17. The maximum atomic E-state index is 12.6. The summed E-state index contributed by atoms with van der Waals surface area (Å²) in [4.78, 5) is 24.2. The predicted molar refractivity (Wildman–Crippen MR) is 101 cm³/mol. The molecule has 4 heteroatoms. The largest absolute Gasteiger partial charge is 0.496 e. The molecule has 0 unspecified atom stereocenters. The van der Waals surface area contributed by atoms with Crippen LogP contribution in [0.4, 0.5) is 5.69 Å². The number of rotatable bonds is 6. The van der Waals surface area contributed by atoms with Crippen molar-refractivity contribution in [2.75, 3.05) is 12.4 Å². The van der Waals surface area contributed by atoms with Gasteiger partial charge in [0.25, 0.3) is 0 Å². The molecule has 0 spiro atoms. The van der Waals surface area contributed by atoms with Crippen molar-refractivity contribution < 1.29 is 14.3 Å². The van der Waals surface area contributed by atoms with Crippen LogP contribution in [0.3, 0.4) is 0 Å². The first-order valence-electron chi connectivity index (χ1n) is 8.40. The van der Waals surface area contributed by atoms with Gasteiger partial charge in [0.05, 0.1) is 13.5 Å². The maximum absolute atomic E-state index is 12.6. The van der Waals surface area contributed by atoms with Crippen molar-refractivity contribution in [3.63, 3.8) is 0 Å². The van der Waals surface area contributed by atoms with Crippen LogP contribution in [0.2, 0.25) is 0 Å². The molecule has 0 heterocycles. The van der Waals surface area contributed by atoms with Crippen molar-refractivity contribution in [2.45, 2.75) is 40.0 Å². The summed E-state index contributed by atoms with van der Waals surface area (Å²) in [5, 5.41) is 3.03. The van der Waals surface area contributed by atoms with Crippen LogP contribution in [0.25, 0.3) is 0 Å². The van der Waals surface area contributed by atoms with Crippen LogP contribution in [0.5, 0.6) is 5.75 Å². The SMILES string of the molecule is COc1ccc(C(C)=O)cc1CC(=O)Nc1c(C)cccc1C(C)C. The average molecular weight is 339 g/mol. The number of ether oxygens (including phenoxy) is 1. The smallest absolute Gasteiger partial charge is 0.228 e. The van der Waals surface area contributed by atoms with Crippen LogP contribution in [-0.2, 0) is 11.2 Å². The molecule has 1 N–H and O–H groups in total. The summed E-state index contributed by atoms with van der Waals surface area (Å²) in [6.45, 7) is 7.69. The fourth-order valence-corrected chi connectivity index (χ4v) is 2.83. The van der Waals surface area contributed by atoms with Crippen molar-refractivity contribution in [3.05, 3.63) is 58.7 Å². The van der Waals surface area contributed by atoms with Crippen LogP contribution >= 0.6 is 0 Å². The third-order valence-electron chi connectivity index (χ3n) is 4.23. The van der Waals surface area contributed by atoms with E-state index in [0.717, 1.165) is 16.8 Å². The normalized spacial score (nSPS) is 10.6. The van der Waals surface area contributed by atoms with E-state index in [-0.39, 0.29) is 18.1 Å². The summed E-state index contributed by atoms with van der Waals surface area (Å²) < 4.78 is 5.33. The Morgan fingerprint density at radius 3 is 2.48 bits per heavy atom. The lowest BCUT2D eigenvalue weighted by Crippen LogP contribution is -2.17. The number of aryl methyl sites for hydroxylation is 1. The number of hydrogen-bond acceptors (Lipinski definition) is 3. The zero-order valence-corrected chi connectivity index (χ0v) is 15.5. The first-order chi connectivity index (χ1) is 11.8. The van der Waals surface area contributed by atoms with Crippen molar-refractivity contribution in [3.8, 4) is 5.75 Å². The van der Waals surface area contributed by atoms with E-state index in [0.29, 0.717) is 22.8 Å². The molecule has 0 aliphatic rings. The molecule has 4 nitrogen and oxygen atoms in total. The van der Waals surface area contributed by atoms with Gasteiger partial charge in [-0.15, -0.1) is 0 Å². The van der Waals surface area contributed by atoms with E-state index in [9.17, 15) is 9.59 Å². The molecule has 0 saturated carbocycles. The van der Waals surface area contributed by atoms with Gasteiger partial charge in [-0.2, -0.15) is 0 Å². The third-order valence-corrected chi connectivity index (χ3v) is 4.23. The van der Waals surface area contributed by atoms with Crippen LogP contribution in [-0.4, -0.2) is 18.8 Å². The second-order valence-electron chi connectivity index (χ2n) is 6.50. The molecule has 0 aliphatic carbocycles. The molecule has 0 bridgehead atoms. The quantitative estimate of drug-likeness (QED) is 0.788. The zero-order chi connectivity index (χ0) is 18.6. The molecule has 25 heavy (non-hydrogen) atoms. The number of methoxy groups -OCH3 is 1. The maximum Gasteiger partial charge on any atom is 0.228 e. The molecule has 0 aliphatic heterocycles. The first kappa shape index (κ1) is 18.7. The molecule has 0 atom stereocenters. The second-order valence-corrected chi connectivity index (χ2v) is 6.50. The van der Waals surface area contributed by atoms with E-state index in [1.165, 1.54) is 6.92 Å². The number of ketones is 1. The van der Waals surface area contributed by atoms with Crippen molar-refractivity contribution in [2.24, 2.45) is 0 Å². The molecule has 1 amide bonds. The minimum atomic E-state index is -0.129. The highest BCUT2D eigenvalue weighted by atomic mass is 16.5. The number of benzene rings is 2. The van der Waals surface area contributed by atoms with E-state index in [1.54, 1.807) is 25.3 Å². The van der Waals surface area contributed by atoms with Gasteiger partial charge >= 0.3 is 0 Å². The van der Waals surface area contributed by atoms with Gasteiger partial charge in [-0.1, -0.05) is 32.0 Å². The average Bonchev–Trinajstić information content (AvgIpc) is 2.56. The van der Waals surface area contributed by atoms with Crippen molar-refractivity contribution >= 4 is 17.4 Å². The number of amides is 1.